The number of carbonyl (C=O) groups excluding carboxylic acids is 1. The molecule has 1 saturated heterocycles. The van der Waals surface area contributed by atoms with E-state index < -0.39 is 15.9 Å². The molecule has 1 heterocycles. The molecule has 1 fully saturated rings. The van der Waals surface area contributed by atoms with E-state index in [4.69, 9.17) is 10.6 Å². The van der Waals surface area contributed by atoms with Crippen LogP contribution < -0.4 is 16.0 Å². The molecule has 4 N–H and O–H groups in total. The Morgan fingerprint density at radius 2 is 2.25 bits per heavy atom. The van der Waals surface area contributed by atoms with Crippen LogP contribution in [0, 0.1) is 0 Å². The second kappa shape index (κ2) is 6.31. The van der Waals surface area contributed by atoms with E-state index in [0.717, 1.165) is 12.8 Å². The van der Waals surface area contributed by atoms with Crippen LogP contribution in [0.5, 0.6) is 0 Å². The summed E-state index contributed by atoms with van der Waals surface area (Å²) in [5, 5.41) is 0. The average Bonchev–Trinajstić information content (AvgIpc) is 2.98. The summed E-state index contributed by atoms with van der Waals surface area (Å²) in [5.74, 6) is 4.48. The lowest BCUT2D eigenvalue weighted by Crippen LogP contribution is -2.32. The van der Waals surface area contributed by atoms with E-state index in [1.54, 1.807) is 0 Å². The molecular formula is C12H17N3O4S. The minimum Gasteiger partial charge on any atom is -0.377 e. The predicted molar refractivity (Wildman–Crippen MR) is 72.3 cm³/mol. The highest BCUT2D eigenvalue weighted by Crippen LogP contribution is 2.14. The highest BCUT2D eigenvalue weighted by molar-refractivity contribution is 7.89. The largest absolute Gasteiger partial charge is 0.377 e. The van der Waals surface area contributed by atoms with E-state index >= 15 is 0 Å². The van der Waals surface area contributed by atoms with Crippen LogP contribution >= 0.6 is 0 Å². The number of amides is 1. The van der Waals surface area contributed by atoms with Crippen molar-refractivity contribution in [2.45, 2.75) is 23.8 Å². The maximum absolute atomic E-state index is 12.1. The van der Waals surface area contributed by atoms with Gasteiger partial charge >= 0.3 is 0 Å². The Kier molecular flexibility index (Phi) is 4.71. The van der Waals surface area contributed by atoms with Gasteiger partial charge in [-0.3, -0.25) is 10.2 Å². The molecule has 1 aromatic rings. The van der Waals surface area contributed by atoms with Crippen LogP contribution in [0.2, 0.25) is 0 Å². The lowest BCUT2D eigenvalue weighted by Gasteiger charge is -2.11. The number of benzene rings is 1. The summed E-state index contributed by atoms with van der Waals surface area (Å²) in [7, 11) is -3.66. The van der Waals surface area contributed by atoms with Crippen molar-refractivity contribution in [2.24, 2.45) is 5.84 Å². The summed E-state index contributed by atoms with van der Waals surface area (Å²) in [6.07, 6.45) is 1.71. The van der Waals surface area contributed by atoms with Gasteiger partial charge in [-0.05, 0) is 31.0 Å². The fourth-order valence-electron chi connectivity index (χ4n) is 1.98. The summed E-state index contributed by atoms with van der Waals surface area (Å²) < 4.78 is 32.1. The Labute approximate surface area is 117 Å². The van der Waals surface area contributed by atoms with Crippen molar-refractivity contribution < 1.29 is 17.9 Å². The quantitative estimate of drug-likeness (QED) is 0.394. The fourth-order valence-corrected chi connectivity index (χ4v) is 3.09. The van der Waals surface area contributed by atoms with Gasteiger partial charge in [0.2, 0.25) is 10.0 Å². The van der Waals surface area contributed by atoms with Crippen LogP contribution in [0.15, 0.2) is 29.2 Å². The van der Waals surface area contributed by atoms with Gasteiger partial charge in [-0.2, -0.15) is 0 Å². The predicted octanol–water partition coefficient (Wildman–Crippen LogP) is -0.253. The van der Waals surface area contributed by atoms with Crippen molar-refractivity contribution in [3.8, 4) is 0 Å². The maximum Gasteiger partial charge on any atom is 0.265 e. The van der Waals surface area contributed by atoms with E-state index in [0.29, 0.717) is 6.61 Å². The molecule has 0 saturated carbocycles. The molecule has 1 unspecified atom stereocenters. The van der Waals surface area contributed by atoms with Crippen LogP contribution in [0.25, 0.3) is 0 Å². The van der Waals surface area contributed by atoms with Crippen molar-refractivity contribution in [3.05, 3.63) is 29.8 Å². The molecule has 8 heteroatoms. The highest BCUT2D eigenvalue weighted by atomic mass is 32.2. The molecule has 1 aliphatic heterocycles. The van der Waals surface area contributed by atoms with Gasteiger partial charge in [0.1, 0.15) is 0 Å². The number of nitrogens with two attached hydrogens (primary N) is 1. The van der Waals surface area contributed by atoms with Gasteiger partial charge in [0.15, 0.2) is 0 Å². The molecule has 7 nitrogen and oxygen atoms in total. The van der Waals surface area contributed by atoms with Crippen molar-refractivity contribution in [1.82, 2.24) is 10.1 Å². The number of ether oxygens (including phenoxy) is 1. The number of nitrogen functional groups attached to an aromatic ring is 1. The summed E-state index contributed by atoms with van der Waals surface area (Å²) >= 11 is 0. The molecule has 1 amide bonds. The number of rotatable bonds is 5. The van der Waals surface area contributed by atoms with Gasteiger partial charge in [-0.25, -0.2) is 19.0 Å². The molecule has 1 aliphatic rings. The number of hydrazine groups is 1. The average molecular weight is 299 g/mol. The Morgan fingerprint density at radius 3 is 2.90 bits per heavy atom. The monoisotopic (exact) mass is 299 g/mol. The molecular weight excluding hydrogens is 282 g/mol. The zero-order valence-electron chi connectivity index (χ0n) is 10.8. The number of hydrogen-bond acceptors (Lipinski definition) is 5. The number of carbonyl (C=O) groups is 1. The number of hydrogen-bond donors (Lipinski definition) is 3. The van der Waals surface area contributed by atoms with Crippen LogP contribution in [0.4, 0.5) is 0 Å². The van der Waals surface area contributed by atoms with Crippen molar-refractivity contribution in [1.29, 1.82) is 0 Å². The summed E-state index contributed by atoms with van der Waals surface area (Å²) in [5.41, 5.74) is 2.15. The molecule has 20 heavy (non-hydrogen) atoms. The Hall–Kier alpha value is -1.48. The Bertz CT molecular complexity index is 582. The molecule has 2 rings (SSSR count). The summed E-state index contributed by atoms with van der Waals surface area (Å²) in [4.78, 5) is 11.4. The molecule has 0 spiro atoms. The number of sulfonamides is 1. The third-order valence-corrected chi connectivity index (χ3v) is 4.48. The molecule has 110 valence electrons. The third kappa shape index (κ3) is 3.54. The van der Waals surface area contributed by atoms with Crippen molar-refractivity contribution >= 4 is 15.9 Å². The minimum absolute atomic E-state index is 0.0246. The molecule has 1 aromatic carbocycles. The van der Waals surface area contributed by atoms with Crippen LogP contribution in [-0.2, 0) is 14.8 Å². The Balaban J connectivity index is 2.10. The Morgan fingerprint density at radius 1 is 1.45 bits per heavy atom. The van der Waals surface area contributed by atoms with E-state index in [1.165, 1.54) is 24.3 Å². The highest BCUT2D eigenvalue weighted by Gasteiger charge is 2.20. The maximum atomic E-state index is 12.1. The first-order valence-electron chi connectivity index (χ1n) is 6.25. The number of nitrogens with one attached hydrogen (secondary N) is 2. The third-order valence-electron chi connectivity index (χ3n) is 3.06. The van der Waals surface area contributed by atoms with E-state index in [2.05, 4.69) is 4.72 Å². The van der Waals surface area contributed by atoms with Crippen LogP contribution in [-0.4, -0.2) is 33.6 Å². The van der Waals surface area contributed by atoms with Gasteiger partial charge < -0.3 is 4.74 Å². The van der Waals surface area contributed by atoms with E-state index in [-0.39, 0.29) is 23.1 Å². The van der Waals surface area contributed by atoms with Gasteiger partial charge in [0.05, 0.1) is 11.0 Å². The van der Waals surface area contributed by atoms with Crippen molar-refractivity contribution in [3.63, 3.8) is 0 Å². The standard InChI is InChI=1S/C12H17N3O4S/c13-15-12(16)9-3-1-5-11(7-9)20(17,18)14-8-10-4-2-6-19-10/h1,3,5,7,10,14H,2,4,6,8,13H2,(H,15,16). The lowest BCUT2D eigenvalue weighted by molar-refractivity contribution is 0.0953. The summed E-state index contributed by atoms with van der Waals surface area (Å²) in [6, 6.07) is 5.68. The smallest absolute Gasteiger partial charge is 0.265 e. The van der Waals surface area contributed by atoms with E-state index in [9.17, 15) is 13.2 Å². The van der Waals surface area contributed by atoms with E-state index in [1.807, 2.05) is 5.43 Å². The first-order chi connectivity index (χ1) is 9.53. The molecule has 0 aromatic heterocycles. The molecule has 0 bridgehead atoms. The second-order valence-corrected chi connectivity index (χ2v) is 6.26. The summed E-state index contributed by atoms with van der Waals surface area (Å²) in [6.45, 7) is 0.897. The minimum atomic E-state index is -3.66. The topological polar surface area (TPSA) is 111 Å². The van der Waals surface area contributed by atoms with Gasteiger partial charge in [-0.15, -0.1) is 0 Å². The first kappa shape index (κ1) is 14.9. The first-order valence-corrected chi connectivity index (χ1v) is 7.73. The molecule has 0 aliphatic carbocycles. The van der Waals surface area contributed by atoms with Crippen LogP contribution in [0.3, 0.4) is 0 Å². The van der Waals surface area contributed by atoms with Gasteiger partial charge in [0.25, 0.3) is 5.91 Å². The zero-order chi connectivity index (χ0) is 14.6. The fraction of sp³-hybridized carbons (Fsp3) is 0.417. The SMILES string of the molecule is NNC(=O)c1cccc(S(=O)(=O)NCC2CCCO2)c1. The second-order valence-electron chi connectivity index (χ2n) is 4.49. The molecule has 1 atom stereocenters. The van der Waals surface area contributed by atoms with Crippen LogP contribution in [0.1, 0.15) is 23.2 Å². The zero-order valence-corrected chi connectivity index (χ0v) is 11.7. The lowest BCUT2D eigenvalue weighted by atomic mass is 10.2. The van der Waals surface area contributed by atoms with Gasteiger partial charge in [0, 0.05) is 18.7 Å². The van der Waals surface area contributed by atoms with Gasteiger partial charge in [-0.1, -0.05) is 6.07 Å². The normalized spacial score (nSPS) is 18.9. The molecule has 0 radical (unpaired) electrons. The van der Waals surface area contributed by atoms with Crippen molar-refractivity contribution in [2.75, 3.05) is 13.2 Å².